The Morgan fingerprint density at radius 1 is 1.23 bits per heavy atom. The molecule has 0 aliphatic heterocycles. The van der Waals surface area contributed by atoms with Crippen LogP contribution in [-0.4, -0.2) is 0 Å². The number of unbranched alkanes of at least 4 members (excludes halogenated alkanes) is 2. The highest BCUT2D eigenvalue weighted by molar-refractivity contribution is 5.44. The number of rotatable bonds is 5. The molecule has 1 aromatic rings. The van der Waals surface area contributed by atoms with Crippen molar-refractivity contribution in [2.24, 2.45) is 0 Å². The van der Waals surface area contributed by atoms with E-state index in [2.05, 4.69) is 30.4 Å². The highest BCUT2D eigenvalue weighted by Crippen LogP contribution is 2.04. The average molecular weight is 175 g/mol. The summed E-state index contributed by atoms with van der Waals surface area (Å²) in [5.41, 5.74) is 1.15. The summed E-state index contributed by atoms with van der Waals surface area (Å²) in [4.78, 5) is 0. The van der Waals surface area contributed by atoms with Gasteiger partial charge < -0.3 is 5.32 Å². The zero-order valence-corrected chi connectivity index (χ0v) is 8.16. The van der Waals surface area contributed by atoms with Crippen molar-refractivity contribution in [1.29, 1.82) is 0 Å². The van der Waals surface area contributed by atoms with Crippen LogP contribution in [0.15, 0.2) is 42.6 Å². The quantitative estimate of drug-likeness (QED) is 0.671. The Morgan fingerprint density at radius 2 is 2.00 bits per heavy atom. The normalized spacial score (nSPS) is 10.5. The largest absolute Gasteiger partial charge is 0.362 e. The molecule has 1 nitrogen and oxygen atoms in total. The summed E-state index contributed by atoms with van der Waals surface area (Å²) < 4.78 is 0. The number of nitrogens with one attached hydrogen (secondary N) is 1. The van der Waals surface area contributed by atoms with Crippen LogP contribution in [0.1, 0.15) is 26.2 Å². The van der Waals surface area contributed by atoms with Crippen LogP contribution in [0.3, 0.4) is 0 Å². The van der Waals surface area contributed by atoms with Gasteiger partial charge in [-0.05, 0) is 24.8 Å². The Kier molecular flexibility index (Phi) is 4.77. The SMILES string of the molecule is CCCCC=CNc1ccccc1. The Bertz CT molecular complexity index is 239. The first kappa shape index (κ1) is 9.85. The van der Waals surface area contributed by atoms with Gasteiger partial charge >= 0.3 is 0 Å². The van der Waals surface area contributed by atoms with Crippen molar-refractivity contribution in [3.63, 3.8) is 0 Å². The number of allylic oxidation sites excluding steroid dienone is 1. The maximum atomic E-state index is 3.22. The van der Waals surface area contributed by atoms with Crippen LogP contribution >= 0.6 is 0 Å². The fraction of sp³-hybridized carbons (Fsp3) is 0.333. The van der Waals surface area contributed by atoms with Crippen molar-refractivity contribution >= 4 is 5.69 Å². The molecule has 0 aliphatic rings. The molecule has 0 unspecified atom stereocenters. The molecule has 1 rings (SSSR count). The van der Waals surface area contributed by atoms with E-state index in [1.54, 1.807) is 0 Å². The smallest absolute Gasteiger partial charge is 0.0379 e. The Hall–Kier alpha value is -1.24. The topological polar surface area (TPSA) is 12.0 Å². The maximum Gasteiger partial charge on any atom is 0.0379 e. The molecule has 0 radical (unpaired) electrons. The van der Waals surface area contributed by atoms with Gasteiger partial charge in [0.2, 0.25) is 0 Å². The minimum absolute atomic E-state index is 1.15. The summed E-state index contributed by atoms with van der Waals surface area (Å²) in [6.07, 6.45) is 7.89. The molecule has 0 fully saturated rings. The van der Waals surface area contributed by atoms with Gasteiger partial charge in [0.25, 0.3) is 0 Å². The number of para-hydroxylation sites is 1. The van der Waals surface area contributed by atoms with E-state index in [0.717, 1.165) is 12.1 Å². The third-order valence-corrected chi connectivity index (χ3v) is 1.87. The van der Waals surface area contributed by atoms with Crippen LogP contribution in [0.2, 0.25) is 0 Å². The van der Waals surface area contributed by atoms with E-state index in [-0.39, 0.29) is 0 Å². The second-order valence-electron chi connectivity index (χ2n) is 3.05. The summed E-state index contributed by atoms with van der Waals surface area (Å²) >= 11 is 0. The Morgan fingerprint density at radius 3 is 2.69 bits per heavy atom. The highest BCUT2D eigenvalue weighted by Gasteiger charge is 1.82. The highest BCUT2D eigenvalue weighted by atomic mass is 14.8. The molecule has 1 N–H and O–H groups in total. The minimum Gasteiger partial charge on any atom is -0.362 e. The number of hydrogen-bond donors (Lipinski definition) is 1. The second-order valence-corrected chi connectivity index (χ2v) is 3.05. The number of benzene rings is 1. The van der Waals surface area contributed by atoms with Crippen molar-refractivity contribution < 1.29 is 0 Å². The molecule has 13 heavy (non-hydrogen) atoms. The molecule has 0 aliphatic carbocycles. The Balaban J connectivity index is 2.23. The average Bonchev–Trinajstić information content (AvgIpc) is 2.19. The fourth-order valence-electron chi connectivity index (χ4n) is 1.09. The van der Waals surface area contributed by atoms with Gasteiger partial charge in [-0.15, -0.1) is 0 Å². The predicted molar refractivity (Wildman–Crippen MR) is 58.7 cm³/mol. The van der Waals surface area contributed by atoms with Crippen LogP contribution in [0.5, 0.6) is 0 Å². The lowest BCUT2D eigenvalue weighted by atomic mass is 10.2. The molecular weight excluding hydrogens is 158 g/mol. The molecular formula is C12H17N. The molecule has 0 heterocycles. The maximum absolute atomic E-state index is 3.22. The summed E-state index contributed by atoms with van der Waals surface area (Å²) in [6.45, 7) is 2.21. The van der Waals surface area contributed by atoms with Gasteiger partial charge in [0.15, 0.2) is 0 Å². The van der Waals surface area contributed by atoms with Crippen LogP contribution in [-0.2, 0) is 0 Å². The third kappa shape index (κ3) is 4.36. The molecule has 70 valence electrons. The molecule has 0 spiro atoms. The lowest BCUT2D eigenvalue weighted by Gasteiger charge is -1.98. The fourth-order valence-corrected chi connectivity index (χ4v) is 1.09. The van der Waals surface area contributed by atoms with E-state index in [9.17, 15) is 0 Å². The lowest BCUT2D eigenvalue weighted by molar-refractivity contribution is 0.814. The van der Waals surface area contributed by atoms with E-state index in [4.69, 9.17) is 0 Å². The van der Waals surface area contributed by atoms with Gasteiger partial charge in [-0.2, -0.15) is 0 Å². The van der Waals surface area contributed by atoms with E-state index in [0.29, 0.717) is 0 Å². The van der Waals surface area contributed by atoms with Crippen LogP contribution in [0, 0.1) is 0 Å². The van der Waals surface area contributed by atoms with E-state index in [1.165, 1.54) is 12.8 Å². The van der Waals surface area contributed by atoms with Gasteiger partial charge in [0.1, 0.15) is 0 Å². The predicted octanol–water partition coefficient (Wildman–Crippen LogP) is 3.80. The van der Waals surface area contributed by atoms with Gasteiger partial charge in [-0.3, -0.25) is 0 Å². The summed E-state index contributed by atoms with van der Waals surface area (Å²) in [7, 11) is 0. The van der Waals surface area contributed by atoms with Crippen LogP contribution < -0.4 is 5.32 Å². The lowest BCUT2D eigenvalue weighted by Crippen LogP contribution is -1.85. The summed E-state index contributed by atoms with van der Waals surface area (Å²) in [6, 6.07) is 10.2. The van der Waals surface area contributed by atoms with Gasteiger partial charge in [-0.25, -0.2) is 0 Å². The van der Waals surface area contributed by atoms with E-state index >= 15 is 0 Å². The number of anilines is 1. The first-order valence-electron chi connectivity index (χ1n) is 4.90. The molecule has 1 aromatic carbocycles. The molecule has 0 amide bonds. The molecule has 0 aromatic heterocycles. The monoisotopic (exact) mass is 175 g/mol. The standard InChI is InChI=1S/C12H17N/c1-2-3-4-8-11-13-12-9-6-5-7-10-12/h5-11,13H,2-4H2,1H3. The van der Waals surface area contributed by atoms with Crippen molar-refractivity contribution in [2.45, 2.75) is 26.2 Å². The first-order chi connectivity index (χ1) is 6.43. The molecule has 0 saturated heterocycles. The third-order valence-electron chi connectivity index (χ3n) is 1.87. The summed E-state index contributed by atoms with van der Waals surface area (Å²) in [5.74, 6) is 0. The Labute approximate surface area is 80.5 Å². The zero-order chi connectivity index (χ0) is 9.36. The molecule has 0 atom stereocenters. The van der Waals surface area contributed by atoms with Gasteiger partial charge in [0, 0.05) is 5.69 Å². The van der Waals surface area contributed by atoms with Crippen LogP contribution in [0.4, 0.5) is 5.69 Å². The summed E-state index contributed by atoms with van der Waals surface area (Å²) in [5, 5.41) is 3.22. The van der Waals surface area contributed by atoms with Gasteiger partial charge in [-0.1, -0.05) is 44.0 Å². The molecule has 0 saturated carbocycles. The molecule has 0 bridgehead atoms. The van der Waals surface area contributed by atoms with Crippen LogP contribution in [0.25, 0.3) is 0 Å². The molecule has 1 heteroatoms. The number of hydrogen-bond acceptors (Lipinski definition) is 1. The first-order valence-corrected chi connectivity index (χ1v) is 4.90. The van der Waals surface area contributed by atoms with Crippen molar-refractivity contribution in [3.8, 4) is 0 Å². The minimum atomic E-state index is 1.15. The van der Waals surface area contributed by atoms with E-state index < -0.39 is 0 Å². The van der Waals surface area contributed by atoms with Crippen molar-refractivity contribution in [1.82, 2.24) is 0 Å². The van der Waals surface area contributed by atoms with Crippen molar-refractivity contribution in [2.75, 3.05) is 5.32 Å². The van der Waals surface area contributed by atoms with E-state index in [1.807, 2.05) is 24.4 Å². The van der Waals surface area contributed by atoms with Gasteiger partial charge in [0.05, 0.1) is 0 Å². The van der Waals surface area contributed by atoms with Crippen molar-refractivity contribution in [3.05, 3.63) is 42.6 Å². The zero-order valence-electron chi connectivity index (χ0n) is 8.16. The second kappa shape index (κ2) is 6.30.